The summed E-state index contributed by atoms with van der Waals surface area (Å²) in [6.45, 7) is 5.26. The molecule has 4 heteroatoms. The summed E-state index contributed by atoms with van der Waals surface area (Å²) >= 11 is 0. The molecule has 60 valence electrons. The molecule has 0 unspecified atom stereocenters. The molecule has 4 nitrogen and oxygen atoms in total. The van der Waals surface area contributed by atoms with Crippen LogP contribution < -0.4 is 0 Å². The first kappa shape index (κ1) is 7.91. The van der Waals surface area contributed by atoms with Crippen molar-refractivity contribution in [1.29, 1.82) is 0 Å². The fraction of sp³-hybridized carbons (Fsp3) is 0.571. The van der Waals surface area contributed by atoms with Crippen LogP contribution in [0.15, 0.2) is 4.52 Å². The van der Waals surface area contributed by atoms with E-state index in [4.69, 9.17) is 0 Å². The third-order valence-electron chi connectivity index (χ3n) is 1.27. The Morgan fingerprint density at radius 3 is 2.55 bits per heavy atom. The van der Waals surface area contributed by atoms with Gasteiger partial charge >= 0.3 is 0 Å². The van der Waals surface area contributed by atoms with Crippen LogP contribution in [0.1, 0.15) is 30.4 Å². The van der Waals surface area contributed by atoms with Gasteiger partial charge in [0.2, 0.25) is 17.5 Å². The predicted molar refractivity (Wildman–Crippen MR) is 38.2 cm³/mol. The van der Waals surface area contributed by atoms with Gasteiger partial charge in [-0.3, -0.25) is 4.79 Å². The number of carbonyl (C=O) groups excluding carboxylic acids is 1. The van der Waals surface area contributed by atoms with Gasteiger partial charge in [0, 0.05) is 12.8 Å². The molecule has 0 saturated heterocycles. The standard InChI is InChI=1S/C7H10N2O2/c1-4(2)6(10)7-8-5(3)11-9-7/h4H,1-3H3. The molecule has 1 aromatic rings. The zero-order valence-electron chi connectivity index (χ0n) is 6.79. The van der Waals surface area contributed by atoms with Crippen LogP contribution in [0.3, 0.4) is 0 Å². The monoisotopic (exact) mass is 154 g/mol. The Hall–Kier alpha value is -1.19. The van der Waals surface area contributed by atoms with Gasteiger partial charge in [0.05, 0.1) is 0 Å². The Bertz CT molecular complexity index is 265. The van der Waals surface area contributed by atoms with Crippen LogP contribution in [-0.4, -0.2) is 15.9 Å². The number of carbonyl (C=O) groups is 1. The molecule has 0 atom stereocenters. The van der Waals surface area contributed by atoms with Gasteiger partial charge in [-0.2, -0.15) is 4.98 Å². The van der Waals surface area contributed by atoms with Crippen molar-refractivity contribution in [2.75, 3.05) is 0 Å². The Labute approximate surface area is 64.6 Å². The highest BCUT2D eigenvalue weighted by Gasteiger charge is 2.15. The van der Waals surface area contributed by atoms with Crippen LogP contribution in [0.25, 0.3) is 0 Å². The molecule has 0 N–H and O–H groups in total. The van der Waals surface area contributed by atoms with Crippen molar-refractivity contribution in [2.45, 2.75) is 20.8 Å². The summed E-state index contributed by atoms with van der Waals surface area (Å²) in [5.74, 6) is 0.445. The molecular weight excluding hydrogens is 144 g/mol. The quantitative estimate of drug-likeness (QED) is 0.601. The molecule has 0 aliphatic carbocycles. The molecule has 0 aliphatic rings. The first-order chi connectivity index (χ1) is 5.11. The molecule has 1 aromatic heterocycles. The van der Waals surface area contributed by atoms with Gasteiger partial charge in [-0.05, 0) is 0 Å². The minimum atomic E-state index is -0.0816. The number of aryl methyl sites for hydroxylation is 1. The number of hydrogen-bond donors (Lipinski definition) is 0. The lowest BCUT2D eigenvalue weighted by atomic mass is 10.1. The number of Topliss-reactive ketones (excluding diaryl/α,β-unsaturated/α-hetero) is 1. The van der Waals surface area contributed by atoms with Crippen LogP contribution in [0.4, 0.5) is 0 Å². The molecule has 0 radical (unpaired) electrons. The molecule has 11 heavy (non-hydrogen) atoms. The second-order valence-corrected chi connectivity index (χ2v) is 2.66. The number of hydrogen-bond acceptors (Lipinski definition) is 4. The van der Waals surface area contributed by atoms with Crippen molar-refractivity contribution < 1.29 is 9.32 Å². The van der Waals surface area contributed by atoms with E-state index in [2.05, 4.69) is 14.7 Å². The minimum absolute atomic E-state index is 0.0769. The highest BCUT2D eigenvalue weighted by Crippen LogP contribution is 2.03. The average Bonchev–Trinajstić information content (AvgIpc) is 2.34. The number of nitrogens with zero attached hydrogens (tertiary/aromatic N) is 2. The van der Waals surface area contributed by atoms with E-state index in [0.29, 0.717) is 5.89 Å². The van der Waals surface area contributed by atoms with Gasteiger partial charge in [0.15, 0.2) is 0 Å². The minimum Gasteiger partial charge on any atom is -0.339 e. The number of ketones is 1. The fourth-order valence-electron chi connectivity index (χ4n) is 0.658. The van der Waals surface area contributed by atoms with E-state index in [0.717, 1.165) is 0 Å². The first-order valence-corrected chi connectivity index (χ1v) is 3.46. The SMILES string of the molecule is Cc1nc(C(=O)C(C)C)no1. The fourth-order valence-corrected chi connectivity index (χ4v) is 0.658. The molecule has 0 aliphatic heterocycles. The normalized spacial score (nSPS) is 10.5. The summed E-state index contributed by atoms with van der Waals surface area (Å²) in [4.78, 5) is 15.0. The van der Waals surface area contributed by atoms with Crippen molar-refractivity contribution in [3.63, 3.8) is 0 Å². The molecule has 0 spiro atoms. The van der Waals surface area contributed by atoms with Gasteiger partial charge in [0.1, 0.15) is 0 Å². The lowest BCUT2D eigenvalue weighted by Gasteiger charge is -1.95. The molecule has 0 fully saturated rings. The second kappa shape index (κ2) is 2.82. The number of rotatable bonds is 2. The highest BCUT2D eigenvalue weighted by molar-refractivity contribution is 5.93. The maximum Gasteiger partial charge on any atom is 0.238 e. The Morgan fingerprint density at radius 1 is 1.55 bits per heavy atom. The van der Waals surface area contributed by atoms with Crippen molar-refractivity contribution in [2.24, 2.45) is 5.92 Å². The summed E-state index contributed by atoms with van der Waals surface area (Å²) < 4.78 is 4.65. The lowest BCUT2D eigenvalue weighted by Crippen LogP contribution is -2.09. The Kier molecular flexibility index (Phi) is 2.03. The third kappa shape index (κ3) is 1.63. The van der Waals surface area contributed by atoms with E-state index in [-0.39, 0.29) is 17.5 Å². The van der Waals surface area contributed by atoms with Crippen molar-refractivity contribution in [3.8, 4) is 0 Å². The predicted octanol–water partition coefficient (Wildman–Crippen LogP) is 1.22. The first-order valence-electron chi connectivity index (χ1n) is 3.46. The summed E-state index contributed by atoms with van der Waals surface area (Å²) in [5, 5.41) is 3.50. The Morgan fingerprint density at radius 2 is 2.18 bits per heavy atom. The van der Waals surface area contributed by atoms with E-state index >= 15 is 0 Å². The van der Waals surface area contributed by atoms with Crippen LogP contribution in [-0.2, 0) is 0 Å². The largest absolute Gasteiger partial charge is 0.339 e. The molecule has 1 heterocycles. The summed E-state index contributed by atoms with van der Waals surface area (Å²) in [6, 6.07) is 0. The van der Waals surface area contributed by atoms with Crippen molar-refractivity contribution in [3.05, 3.63) is 11.7 Å². The van der Waals surface area contributed by atoms with Gasteiger partial charge in [0.25, 0.3) is 0 Å². The van der Waals surface area contributed by atoms with Crippen molar-refractivity contribution in [1.82, 2.24) is 10.1 Å². The van der Waals surface area contributed by atoms with Crippen LogP contribution in [0.2, 0.25) is 0 Å². The number of aromatic nitrogens is 2. The van der Waals surface area contributed by atoms with E-state index in [1.165, 1.54) is 0 Å². The lowest BCUT2D eigenvalue weighted by molar-refractivity contribution is 0.0926. The van der Waals surface area contributed by atoms with Crippen molar-refractivity contribution >= 4 is 5.78 Å². The van der Waals surface area contributed by atoms with Gasteiger partial charge < -0.3 is 4.52 Å². The van der Waals surface area contributed by atoms with Gasteiger partial charge in [-0.1, -0.05) is 19.0 Å². The second-order valence-electron chi connectivity index (χ2n) is 2.66. The third-order valence-corrected chi connectivity index (χ3v) is 1.27. The smallest absolute Gasteiger partial charge is 0.238 e. The molecular formula is C7H10N2O2. The molecule has 0 saturated carbocycles. The summed E-state index contributed by atoms with van der Waals surface area (Å²) in [6.07, 6.45) is 0. The zero-order chi connectivity index (χ0) is 8.43. The van der Waals surface area contributed by atoms with Gasteiger partial charge in [-0.15, -0.1) is 0 Å². The molecule has 0 aromatic carbocycles. The summed E-state index contributed by atoms with van der Waals surface area (Å²) in [7, 11) is 0. The average molecular weight is 154 g/mol. The van der Waals surface area contributed by atoms with E-state index in [1.54, 1.807) is 20.8 Å². The van der Waals surface area contributed by atoms with Gasteiger partial charge in [-0.25, -0.2) is 0 Å². The van der Waals surface area contributed by atoms with E-state index in [1.807, 2.05) is 0 Å². The van der Waals surface area contributed by atoms with E-state index < -0.39 is 0 Å². The molecule has 1 rings (SSSR count). The topological polar surface area (TPSA) is 56.0 Å². The zero-order valence-corrected chi connectivity index (χ0v) is 6.79. The van der Waals surface area contributed by atoms with Crippen LogP contribution >= 0.6 is 0 Å². The summed E-state index contributed by atoms with van der Waals surface area (Å²) in [5.41, 5.74) is 0. The Balaban J connectivity index is 2.85. The van der Waals surface area contributed by atoms with Crippen LogP contribution in [0.5, 0.6) is 0 Å². The maximum atomic E-state index is 11.2. The highest BCUT2D eigenvalue weighted by atomic mass is 16.5. The maximum absolute atomic E-state index is 11.2. The molecule has 0 amide bonds. The molecule has 0 bridgehead atoms. The van der Waals surface area contributed by atoms with Crippen LogP contribution in [0, 0.1) is 12.8 Å². The van der Waals surface area contributed by atoms with E-state index in [9.17, 15) is 4.79 Å².